The van der Waals surface area contributed by atoms with Crippen LogP contribution in [0.2, 0.25) is 0 Å². The van der Waals surface area contributed by atoms with Crippen molar-refractivity contribution >= 4 is 5.69 Å². The maximum Gasteiger partial charge on any atom is 0.0342 e. The van der Waals surface area contributed by atoms with Crippen LogP contribution in [0.5, 0.6) is 0 Å². The van der Waals surface area contributed by atoms with E-state index in [1.165, 1.54) is 62.9 Å². The average molecular weight is 288 g/mol. The number of aryl methyl sites for hydroxylation is 1. The van der Waals surface area contributed by atoms with Gasteiger partial charge in [0.05, 0.1) is 0 Å². The fraction of sp³-hybridized carbons (Fsp3) is 0.684. The molecule has 1 N–H and O–H groups in total. The molecule has 1 unspecified atom stereocenters. The fourth-order valence-corrected chi connectivity index (χ4v) is 3.16. The summed E-state index contributed by atoms with van der Waals surface area (Å²) < 4.78 is 0. The van der Waals surface area contributed by atoms with Gasteiger partial charge >= 0.3 is 0 Å². The van der Waals surface area contributed by atoms with E-state index in [-0.39, 0.29) is 0 Å². The Morgan fingerprint density at radius 2 is 1.90 bits per heavy atom. The number of rotatable bonds is 6. The zero-order valence-electron chi connectivity index (χ0n) is 14.1. The third-order valence-corrected chi connectivity index (χ3v) is 4.64. The minimum Gasteiger partial charge on any atom is -0.382 e. The monoisotopic (exact) mass is 288 g/mol. The molecule has 0 saturated carbocycles. The van der Waals surface area contributed by atoms with Gasteiger partial charge in [0.1, 0.15) is 0 Å². The standard InChI is InChI=1S/C19H32N2/c1-4-5-7-17-9-11-19(12-10-17)20-18-8-6-14-21(15-13-18)16(2)3/h9-12,16,18,20H,4-8,13-15H2,1-3H3. The van der Waals surface area contributed by atoms with Gasteiger partial charge in [-0.1, -0.05) is 25.5 Å². The minimum absolute atomic E-state index is 0.634. The van der Waals surface area contributed by atoms with Gasteiger partial charge in [-0.3, -0.25) is 0 Å². The third-order valence-electron chi connectivity index (χ3n) is 4.64. The maximum atomic E-state index is 3.74. The van der Waals surface area contributed by atoms with Crippen molar-refractivity contribution in [1.82, 2.24) is 4.90 Å². The van der Waals surface area contributed by atoms with E-state index in [0.717, 1.165) is 0 Å². The first-order valence-electron chi connectivity index (χ1n) is 8.78. The molecule has 0 spiro atoms. The van der Waals surface area contributed by atoms with Crippen molar-refractivity contribution in [3.05, 3.63) is 29.8 Å². The Labute approximate surface area is 130 Å². The van der Waals surface area contributed by atoms with E-state index in [0.29, 0.717) is 12.1 Å². The van der Waals surface area contributed by atoms with Crippen molar-refractivity contribution in [2.24, 2.45) is 0 Å². The summed E-state index contributed by atoms with van der Waals surface area (Å²) in [5.74, 6) is 0. The highest BCUT2D eigenvalue weighted by Crippen LogP contribution is 2.19. The number of benzene rings is 1. The van der Waals surface area contributed by atoms with Crippen molar-refractivity contribution in [2.45, 2.75) is 71.4 Å². The predicted octanol–water partition coefficient (Wildman–Crippen LogP) is 4.70. The number of hydrogen-bond acceptors (Lipinski definition) is 2. The summed E-state index contributed by atoms with van der Waals surface area (Å²) in [5.41, 5.74) is 2.76. The van der Waals surface area contributed by atoms with Gasteiger partial charge in [0.2, 0.25) is 0 Å². The first-order valence-corrected chi connectivity index (χ1v) is 8.78. The largest absolute Gasteiger partial charge is 0.382 e. The number of hydrogen-bond donors (Lipinski definition) is 1. The van der Waals surface area contributed by atoms with Crippen LogP contribution in [0.1, 0.15) is 58.4 Å². The second-order valence-corrected chi connectivity index (χ2v) is 6.70. The summed E-state index contributed by atoms with van der Waals surface area (Å²) in [7, 11) is 0. The molecule has 118 valence electrons. The molecule has 1 aromatic rings. The van der Waals surface area contributed by atoms with Crippen molar-refractivity contribution in [3.8, 4) is 0 Å². The lowest BCUT2D eigenvalue weighted by molar-refractivity contribution is 0.230. The first kappa shape index (κ1) is 16.4. The molecule has 1 heterocycles. The Bertz CT molecular complexity index is 397. The van der Waals surface area contributed by atoms with E-state index < -0.39 is 0 Å². The molecule has 2 nitrogen and oxygen atoms in total. The van der Waals surface area contributed by atoms with E-state index in [1.54, 1.807) is 0 Å². The van der Waals surface area contributed by atoms with Crippen LogP contribution in [0.3, 0.4) is 0 Å². The Hall–Kier alpha value is -1.02. The Morgan fingerprint density at radius 3 is 2.57 bits per heavy atom. The summed E-state index contributed by atoms with van der Waals surface area (Å²) in [4.78, 5) is 2.61. The van der Waals surface area contributed by atoms with Crippen molar-refractivity contribution in [1.29, 1.82) is 0 Å². The fourth-order valence-electron chi connectivity index (χ4n) is 3.16. The molecule has 0 bridgehead atoms. The van der Waals surface area contributed by atoms with Crippen LogP contribution in [-0.4, -0.2) is 30.1 Å². The molecule has 1 fully saturated rings. The molecule has 1 saturated heterocycles. The van der Waals surface area contributed by atoms with E-state index in [1.807, 2.05) is 0 Å². The highest BCUT2D eigenvalue weighted by atomic mass is 15.1. The lowest BCUT2D eigenvalue weighted by Gasteiger charge is -2.24. The van der Waals surface area contributed by atoms with Crippen molar-refractivity contribution < 1.29 is 0 Å². The lowest BCUT2D eigenvalue weighted by atomic mass is 10.1. The number of unbranched alkanes of at least 4 members (excludes halogenated alkanes) is 1. The van der Waals surface area contributed by atoms with Crippen molar-refractivity contribution in [3.63, 3.8) is 0 Å². The molecule has 0 aliphatic carbocycles. The van der Waals surface area contributed by atoms with Gasteiger partial charge in [0.25, 0.3) is 0 Å². The normalized spacial score (nSPS) is 20.5. The molecule has 21 heavy (non-hydrogen) atoms. The number of anilines is 1. The molecule has 2 rings (SSSR count). The Balaban J connectivity index is 1.83. The van der Waals surface area contributed by atoms with E-state index in [2.05, 4.69) is 55.3 Å². The van der Waals surface area contributed by atoms with Crippen LogP contribution in [-0.2, 0) is 6.42 Å². The zero-order chi connectivity index (χ0) is 15.1. The second kappa shape index (κ2) is 8.43. The van der Waals surface area contributed by atoms with Crippen LogP contribution in [0.25, 0.3) is 0 Å². The molecular weight excluding hydrogens is 256 g/mol. The molecule has 1 aliphatic rings. The van der Waals surface area contributed by atoms with Gasteiger partial charge in [-0.25, -0.2) is 0 Å². The van der Waals surface area contributed by atoms with Crippen LogP contribution in [0, 0.1) is 0 Å². The molecule has 0 amide bonds. The van der Waals surface area contributed by atoms with E-state index >= 15 is 0 Å². The summed E-state index contributed by atoms with van der Waals surface area (Å²) in [6.45, 7) is 9.35. The SMILES string of the molecule is CCCCc1ccc(NC2CCCN(C(C)C)CC2)cc1. The first-order chi connectivity index (χ1) is 10.2. The van der Waals surface area contributed by atoms with Crippen LogP contribution < -0.4 is 5.32 Å². The molecule has 0 aromatic heterocycles. The number of likely N-dealkylation sites (tertiary alicyclic amines) is 1. The highest BCUT2D eigenvalue weighted by molar-refractivity contribution is 5.45. The smallest absolute Gasteiger partial charge is 0.0342 e. The molecule has 1 atom stereocenters. The molecular formula is C19H32N2. The topological polar surface area (TPSA) is 15.3 Å². The van der Waals surface area contributed by atoms with E-state index in [9.17, 15) is 0 Å². The maximum absolute atomic E-state index is 3.74. The van der Waals surface area contributed by atoms with Crippen LogP contribution in [0.15, 0.2) is 24.3 Å². The van der Waals surface area contributed by atoms with Crippen LogP contribution in [0.4, 0.5) is 5.69 Å². The van der Waals surface area contributed by atoms with Gasteiger partial charge in [-0.15, -0.1) is 0 Å². The van der Waals surface area contributed by atoms with Gasteiger partial charge < -0.3 is 10.2 Å². The quantitative estimate of drug-likeness (QED) is 0.816. The molecule has 1 aliphatic heterocycles. The van der Waals surface area contributed by atoms with Gasteiger partial charge in [-0.2, -0.15) is 0 Å². The van der Waals surface area contributed by atoms with Gasteiger partial charge in [0.15, 0.2) is 0 Å². The Morgan fingerprint density at radius 1 is 1.14 bits per heavy atom. The number of nitrogens with one attached hydrogen (secondary N) is 1. The molecule has 1 aromatic carbocycles. The molecule has 0 radical (unpaired) electrons. The average Bonchev–Trinajstić information content (AvgIpc) is 2.72. The second-order valence-electron chi connectivity index (χ2n) is 6.70. The summed E-state index contributed by atoms with van der Waals surface area (Å²) >= 11 is 0. The van der Waals surface area contributed by atoms with Crippen molar-refractivity contribution in [2.75, 3.05) is 18.4 Å². The molecule has 2 heteroatoms. The summed E-state index contributed by atoms with van der Waals surface area (Å²) in [5, 5.41) is 3.74. The van der Waals surface area contributed by atoms with E-state index in [4.69, 9.17) is 0 Å². The minimum atomic E-state index is 0.634. The third kappa shape index (κ3) is 5.35. The summed E-state index contributed by atoms with van der Waals surface area (Å²) in [6, 6.07) is 10.4. The van der Waals surface area contributed by atoms with Crippen LogP contribution >= 0.6 is 0 Å². The highest BCUT2D eigenvalue weighted by Gasteiger charge is 2.18. The zero-order valence-corrected chi connectivity index (χ0v) is 14.1. The van der Waals surface area contributed by atoms with Gasteiger partial charge in [-0.05, 0) is 70.2 Å². The van der Waals surface area contributed by atoms with Gasteiger partial charge in [0, 0.05) is 24.3 Å². The lowest BCUT2D eigenvalue weighted by Crippen LogP contribution is -2.32. The Kier molecular flexibility index (Phi) is 6.56. The summed E-state index contributed by atoms with van der Waals surface area (Å²) in [6.07, 6.45) is 7.64. The predicted molar refractivity (Wildman–Crippen MR) is 93.0 cm³/mol. The number of nitrogens with zero attached hydrogens (tertiary/aromatic N) is 1.